The van der Waals surface area contributed by atoms with Crippen molar-refractivity contribution < 1.29 is 13.2 Å². The highest BCUT2D eigenvalue weighted by molar-refractivity contribution is 7.89. The number of piperazine rings is 1. The van der Waals surface area contributed by atoms with Crippen LogP contribution in [0.3, 0.4) is 0 Å². The van der Waals surface area contributed by atoms with Crippen molar-refractivity contribution in [1.82, 2.24) is 9.21 Å². The quantitative estimate of drug-likeness (QED) is 0.684. The molecular weight excluding hydrogens is 362 g/mol. The van der Waals surface area contributed by atoms with Crippen molar-refractivity contribution in [2.24, 2.45) is 0 Å². The minimum atomic E-state index is -3.63. The lowest BCUT2D eigenvalue weighted by atomic mass is 10.2. The zero-order chi connectivity index (χ0) is 19.1. The fourth-order valence-corrected chi connectivity index (χ4v) is 4.68. The van der Waals surface area contributed by atoms with Crippen molar-refractivity contribution in [3.05, 3.63) is 60.2 Å². The van der Waals surface area contributed by atoms with Gasteiger partial charge in [0, 0.05) is 32.7 Å². The normalized spacial score (nSPS) is 16.0. The number of sulfonamides is 1. The molecule has 6 nitrogen and oxygen atoms in total. The number of benzene rings is 2. The monoisotopic (exact) mass is 385 g/mol. The van der Waals surface area contributed by atoms with Crippen molar-refractivity contribution >= 4 is 10.0 Å². The van der Waals surface area contributed by atoms with Crippen molar-refractivity contribution in [3.8, 4) is 11.8 Å². The molecular formula is C20H23N3O3S. The Morgan fingerprint density at radius 1 is 0.963 bits per heavy atom. The molecule has 0 aliphatic carbocycles. The van der Waals surface area contributed by atoms with Crippen LogP contribution in [-0.4, -0.2) is 57.0 Å². The molecule has 2 aromatic rings. The molecule has 1 aliphatic rings. The van der Waals surface area contributed by atoms with Crippen LogP contribution in [0, 0.1) is 11.3 Å². The van der Waals surface area contributed by atoms with Crippen LogP contribution >= 0.6 is 0 Å². The zero-order valence-corrected chi connectivity index (χ0v) is 15.9. The average molecular weight is 385 g/mol. The van der Waals surface area contributed by atoms with Gasteiger partial charge < -0.3 is 9.64 Å². The van der Waals surface area contributed by atoms with Crippen molar-refractivity contribution in [1.29, 1.82) is 5.26 Å². The molecule has 27 heavy (non-hydrogen) atoms. The van der Waals surface area contributed by atoms with Crippen LogP contribution in [0.4, 0.5) is 0 Å². The van der Waals surface area contributed by atoms with Gasteiger partial charge in [0.05, 0.1) is 17.1 Å². The van der Waals surface area contributed by atoms with Crippen LogP contribution in [0.1, 0.15) is 12.0 Å². The smallest absolute Gasteiger partial charge is 0.244 e. The maximum atomic E-state index is 12.8. The molecule has 0 N–H and O–H groups in total. The zero-order valence-electron chi connectivity index (χ0n) is 15.1. The summed E-state index contributed by atoms with van der Waals surface area (Å²) in [5, 5.41) is 9.17. The Morgan fingerprint density at radius 2 is 1.63 bits per heavy atom. The molecule has 142 valence electrons. The number of ether oxygens (including phenoxy) is 1. The summed E-state index contributed by atoms with van der Waals surface area (Å²) in [6.45, 7) is 3.73. The number of hydrogen-bond acceptors (Lipinski definition) is 5. The van der Waals surface area contributed by atoms with Crippen molar-refractivity contribution in [2.75, 3.05) is 39.3 Å². The molecule has 0 atom stereocenters. The first-order valence-electron chi connectivity index (χ1n) is 9.01. The molecule has 0 bridgehead atoms. The lowest BCUT2D eigenvalue weighted by Crippen LogP contribution is -2.49. The van der Waals surface area contributed by atoms with Crippen molar-refractivity contribution in [2.45, 2.75) is 11.3 Å². The minimum absolute atomic E-state index is 0.0946. The fraction of sp³-hybridized carbons (Fsp3) is 0.350. The van der Waals surface area contributed by atoms with E-state index in [9.17, 15) is 13.7 Å². The van der Waals surface area contributed by atoms with Gasteiger partial charge in [-0.15, -0.1) is 0 Å². The Balaban J connectivity index is 1.48. The molecule has 0 spiro atoms. The number of hydrogen-bond donors (Lipinski definition) is 0. The lowest BCUT2D eigenvalue weighted by molar-refractivity contribution is 0.174. The summed E-state index contributed by atoms with van der Waals surface area (Å²) in [6.07, 6.45) is 0.888. The van der Waals surface area contributed by atoms with Crippen LogP contribution in [0.15, 0.2) is 59.5 Å². The standard InChI is InChI=1S/C20H23N3O3S/c21-17-18-7-4-5-10-20(18)27(24,25)23-14-12-22(13-15-23)11-6-16-26-19-8-2-1-3-9-19/h1-5,7-10H,6,11-16H2. The van der Waals surface area contributed by atoms with Gasteiger partial charge in [0.2, 0.25) is 10.0 Å². The van der Waals surface area contributed by atoms with E-state index in [-0.39, 0.29) is 10.5 Å². The molecule has 2 aromatic carbocycles. The van der Waals surface area contributed by atoms with E-state index in [0.717, 1.165) is 18.7 Å². The van der Waals surface area contributed by atoms with E-state index in [1.807, 2.05) is 36.4 Å². The van der Waals surface area contributed by atoms with Gasteiger partial charge in [0.1, 0.15) is 11.8 Å². The first-order chi connectivity index (χ1) is 13.1. The molecule has 1 fully saturated rings. The number of rotatable bonds is 7. The van der Waals surface area contributed by atoms with Crippen molar-refractivity contribution in [3.63, 3.8) is 0 Å². The van der Waals surface area contributed by atoms with Crippen LogP contribution in [0.2, 0.25) is 0 Å². The first-order valence-corrected chi connectivity index (χ1v) is 10.4. The molecule has 0 unspecified atom stereocenters. The molecule has 7 heteroatoms. The molecule has 0 aromatic heterocycles. The summed E-state index contributed by atoms with van der Waals surface area (Å²) in [5.74, 6) is 0.865. The number of nitrogens with zero attached hydrogens (tertiary/aromatic N) is 3. The fourth-order valence-electron chi connectivity index (χ4n) is 3.11. The van der Waals surface area contributed by atoms with Gasteiger partial charge in [-0.25, -0.2) is 8.42 Å². The summed E-state index contributed by atoms with van der Waals surface area (Å²) in [6, 6.07) is 18.0. The van der Waals surface area contributed by atoms with E-state index < -0.39 is 10.0 Å². The first kappa shape index (κ1) is 19.4. The van der Waals surface area contributed by atoms with Gasteiger partial charge in [-0.05, 0) is 30.7 Å². The van der Waals surface area contributed by atoms with Crippen LogP contribution in [-0.2, 0) is 10.0 Å². The predicted octanol–water partition coefficient (Wildman–Crippen LogP) is 2.33. The topological polar surface area (TPSA) is 73.6 Å². The molecule has 0 saturated carbocycles. The summed E-state index contributed by atoms with van der Waals surface area (Å²) in [7, 11) is -3.63. The lowest BCUT2D eigenvalue weighted by Gasteiger charge is -2.34. The molecule has 0 amide bonds. The Kier molecular flexibility index (Phi) is 6.45. The highest BCUT2D eigenvalue weighted by atomic mass is 32.2. The summed E-state index contributed by atoms with van der Waals surface area (Å²) in [5.41, 5.74) is 0.193. The van der Waals surface area contributed by atoms with Gasteiger partial charge in [0.25, 0.3) is 0 Å². The summed E-state index contributed by atoms with van der Waals surface area (Å²) >= 11 is 0. The van der Waals surface area contributed by atoms with Crippen LogP contribution < -0.4 is 4.74 Å². The SMILES string of the molecule is N#Cc1ccccc1S(=O)(=O)N1CCN(CCCOc2ccccc2)CC1. The summed E-state index contributed by atoms with van der Waals surface area (Å²) in [4.78, 5) is 2.34. The van der Waals surface area contributed by atoms with E-state index >= 15 is 0 Å². The molecule has 3 rings (SSSR count). The van der Waals surface area contributed by atoms with Gasteiger partial charge in [0.15, 0.2) is 0 Å². The second kappa shape index (κ2) is 9.00. The minimum Gasteiger partial charge on any atom is -0.494 e. The molecule has 0 radical (unpaired) electrons. The van der Waals surface area contributed by atoms with E-state index in [2.05, 4.69) is 4.90 Å². The van der Waals surface area contributed by atoms with E-state index in [1.165, 1.54) is 16.4 Å². The predicted molar refractivity (Wildman–Crippen MR) is 103 cm³/mol. The molecule has 1 aliphatic heterocycles. The maximum Gasteiger partial charge on any atom is 0.244 e. The highest BCUT2D eigenvalue weighted by Crippen LogP contribution is 2.21. The largest absolute Gasteiger partial charge is 0.494 e. The molecule has 1 saturated heterocycles. The third-order valence-corrected chi connectivity index (χ3v) is 6.54. The number of para-hydroxylation sites is 1. The maximum absolute atomic E-state index is 12.8. The van der Waals surface area contributed by atoms with Crippen LogP contribution in [0.25, 0.3) is 0 Å². The Morgan fingerprint density at radius 3 is 2.33 bits per heavy atom. The Labute approximate surface area is 160 Å². The third-order valence-electron chi connectivity index (χ3n) is 4.59. The van der Waals surface area contributed by atoms with Gasteiger partial charge in [-0.1, -0.05) is 30.3 Å². The second-order valence-corrected chi connectivity index (χ2v) is 8.28. The highest BCUT2D eigenvalue weighted by Gasteiger charge is 2.29. The van der Waals surface area contributed by atoms with Gasteiger partial charge >= 0.3 is 0 Å². The Bertz CT molecular complexity index is 886. The second-order valence-electron chi connectivity index (χ2n) is 6.37. The average Bonchev–Trinajstić information content (AvgIpc) is 2.72. The summed E-state index contributed by atoms with van der Waals surface area (Å²) < 4.78 is 32.8. The third kappa shape index (κ3) is 4.86. The van der Waals surface area contributed by atoms with Crippen LogP contribution in [0.5, 0.6) is 5.75 Å². The van der Waals surface area contributed by atoms with Gasteiger partial charge in [-0.3, -0.25) is 0 Å². The molecule has 1 heterocycles. The van der Waals surface area contributed by atoms with Gasteiger partial charge in [-0.2, -0.15) is 9.57 Å². The number of nitriles is 1. The van der Waals surface area contributed by atoms with E-state index in [4.69, 9.17) is 4.74 Å². The van der Waals surface area contributed by atoms with E-state index in [1.54, 1.807) is 12.1 Å². The van der Waals surface area contributed by atoms with E-state index in [0.29, 0.717) is 32.8 Å². The Hall–Kier alpha value is -2.40.